The van der Waals surface area contributed by atoms with Gasteiger partial charge in [0.05, 0.1) is 11.3 Å². The van der Waals surface area contributed by atoms with E-state index in [9.17, 15) is 4.79 Å². The van der Waals surface area contributed by atoms with Crippen LogP contribution in [0.15, 0.2) is 24.3 Å². The molecular weight excluding hydrogens is 252 g/mol. The Hall–Kier alpha value is -2.30. The molecule has 1 amide bonds. The summed E-state index contributed by atoms with van der Waals surface area (Å²) in [7, 11) is 0. The lowest BCUT2D eigenvalue weighted by atomic mass is 10.0. The molecule has 1 aliphatic heterocycles. The molecule has 2 aromatic rings. The molecule has 0 radical (unpaired) electrons. The van der Waals surface area contributed by atoms with Crippen molar-refractivity contribution in [3.63, 3.8) is 0 Å². The highest BCUT2D eigenvalue weighted by Gasteiger charge is 2.28. The van der Waals surface area contributed by atoms with E-state index < -0.39 is 0 Å². The van der Waals surface area contributed by atoms with E-state index in [4.69, 9.17) is 0 Å². The number of rotatable bonds is 2. The lowest BCUT2D eigenvalue weighted by Gasteiger charge is -2.28. The highest BCUT2D eigenvalue weighted by molar-refractivity contribution is 6.01. The lowest BCUT2D eigenvalue weighted by Crippen LogP contribution is -2.38. The molecule has 3 rings (SSSR count). The summed E-state index contributed by atoms with van der Waals surface area (Å²) in [5.41, 5.74) is 4.63. The average molecular weight is 270 g/mol. The van der Waals surface area contributed by atoms with Gasteiger partial charge in [0.15, 0.2) is 0 Å². The van der Waals surface area contributed by atoms with E-state index in [1.165, 1.54) is 0 Å². The molecule has 5 nitrogen and oxygen atoms in total. The van der Waals surface area contributed by atoms with E-state index in [1.54, 1.807) is 0 Å². The molecule has 104 valence electrons. The number of anilines is 1. The van der Waals surface area contributed by atoms with Gasteiger partial charge < -0.3 is 10.6 Å². The number of hydrogen-bond acceptors (Lipinski definition) is 3. The summed E-state index contributed by atoms with van der Waals surface area (Å²) in [5, 5.41) is 10.9. The Kier molecular flexibility index (Phi) is 2.97. The van der Waals surface area contributed by atoms with Crippen LogP contribution in [0.5, 0.6) is 0 Å². The number of fused-ring (bicyclic) bond motifs is 1. The van der Waals surface area contributed by atoms with Crippen LogP contribution in [0.2, 0.25) is 0 Å². The van der Waals surface area contributed by atoms with E-state index in [1.807, 2.05) is 42.8 Å². The molecule has 2 N–H and O–H groups in total. The number of carbonyl (C=O) groups is 1. The summed E-state index contributed by atoms with van der Waals surface area (Å²) < 4.78 is 1.96. The zero-order chi connectivity index (χ0) is 14.3. The van der Waals surface area contributed by atoms with E-state index in [2.05, 4.69) is 22.7 Å². The largest absolute Gasteiger partial charge is 0.361 e. The van der Waals surface area contributed by atoms with E-state index >= 15 is 0 Å². The maximum atomic E-state index is 12.2. The highest BCUT2D eigenvalue weighted by Crippen LogP contribution is 2.29. The number of hydrogen-bond donors (Lipinski definition) is 2. The summed E-state index contributed by atoms with van der Waals surface area (Å²) in [5.74, 6) is -0.0487. The van der Waals surface area contributed by atoms with Gasteiger partial charge in [0.1, 0.15) is 6.17 Å². The first kappa shape index (κ1) is 12.7. The third kappa shape index (κ3) is 1.86. The Labute approximate surface area is 118 Å². The van der Waals surface area contributed by atoms with E-state index in [0.717, 1.165) is 29.2 Å². The normalized spacial score (nSPS) is 17.4. The first-order valence-electron chi connectivity index (χ1n) is 6.82. The van der Waals surface area contributed by atoms with E-state index in [0.29, 0.717) is 5.56 Å². The molecule has 1 aromatic heterocycles. The summed E-state index contributed by atoms with van der Waals surface area (Å²) in [6.45, 7) is 6.89. The van der Waals surface area contributed by atoms with Gasteiger partial charge in [0.25, 0.3) is 5.91 Å². The fourth-order valence-corrected chi connectivity index (χ4v) is 2.79. The zero-order valence-corrected chi connectivity index (χ0v) is 11.9. The van der Waals surface area contributed by atoms with Gasteiger partial charge in [-0.1, -0.05) is 12.1 Å². The second-order valence-electron chi connectivity index (χ2n) is 5.00. The van der Waals surface area contributed by atoms with Crippen LogP contribution in [0.1, 0.15) is 40.4 Å². The number of benzene rings is 1. The second-order valence-corrected chi connectivity index (χ2v) is 5.00. The number of para-hydroxylation sites is 1. The van der Waals surface area contributed by atoms with Gasteiger partial charge in [-0.05, 0) is 32.9 Å². The molecule has 1 aromatic carbocycles. The minimum atomic E-state index is -0.224. The van der Waals surface area contributed by atoms with Crippen molar-refractivity contribution in [1.82, 2.24) is 15.1 Å². The molecule has 0 aliphatic carbocycles. The fraction of sp³-hybridized carbons (Fsp3) is 0.333. The molecule has 0 spiro atoms. The molecular formula is C15H18N4O. The Balaban J connectivity index is 2.02. The van der Waals surface area contributed by atoms with Crippen molar-refractivity contribution in [3.05, 3.63) is 46.8 Å². The molecule has 0 saturated heterocycles. The van der Waals surface area contributed by atoms with Gasteiger partial charge in [-0.25, -0.2) is 0 Å². The second kappa shape index (κ2) is 4.67. The molecule has 1 aliphatic rings. The topological polar surface area (TPSA) is 59.0 Å². The Morgan fingerprint density at radius 2 is 2.00 bits per heavy atom. The van der Waals surface area contributed by atoms with Crippen LogP contribution in [-0.2, 0) is 6.54 Å². The number of aryl methyl sites for hydroxylation is 2. The zero-order valence-electron chi connectivity index (χ0n) is 11.9. The number of amides is 1. The van der Waals surface area contributed by atoms with Crippen LogP contribution in [-0.4, -0.2) is 15.7 Å². The van der Waals surface area contributed by atoms with Gasteiger partial charge in [0, 0.05) is 23.5 Å². The molecule has 0 saturated carbocycles. The SMILES string of the molecule is CCn1nc(C)c([C@@H]2NC(=O)c3ccccc3N2)c1C. The van der Waals surface area contributed by atoms with Crippen molar-refractivity contribution in [2.24, 2.45) is 0 Å². The maximum Gasteiger partial charge on any atom is 0.255 e. The van der Waals surface area contributed by atoms with Crippen LogP contribution < -0.4 is 10.6 Å². The number of aromatic nitrogens is 2. The third-order valence-electron chi connectivity index (χ3n) is 3.77. The van der Waals surface area contributed by atoms with Crippen LogP contribution in [0.3, 0.4) is 0 Å². The van der Waals surface area contributed by atoms with E-state index in [-0.39, 0.29) is 12.1 Å². The molecule has 20 heavy (non-hydrogen) atoms. The highest BCUT2D eigenvalue weighted by atomic mass is 16.2. The molecule has 5 heteroatoms. The smallest absolute Gasteiger partial charge is 0.255 e. The van der Waals surface area contributed by atoms with Gasteiger partial charge >= 0.3 is 0 Å². The predicted octanol–water partition coefficient (Wildman–Crippen LogP) is 2.37. The third-order valence-corrected chi connectivity index (χ3v) is 3.77. The van der Waals surface area contributed by atoms with Crippen molar-refractivity contribution in [2.45, 2.75) is 33.5 Å². The summed E-state index contributed by atoms with van der Waals surface area (Å²) in [6, 6.07) is 7.54. The standard InChI is InChI=1S/C15H18N4O/c1-4-19-10(3)13(9(2)18-19)14-16-12-8-6-5-7-11(12)15(20)17-14/h5-8,14,16H,4H2,1-3H3,(H,17,20)/t14-/m0/s1. The summed E-state index contributed by atoms with van der Waals surface area (Å²) in [6.07, 6.45) is -0.224. The van der Waals surface area contributed by atoms with Gasteiger partial charge in [0.2, 0.25) is 0 Å². The maximum absolute atomic E-state index is 12.2. The number of carbonyl (C=O) groups excluding carboxylic acids is 1. The first-order chi connectivity index (χ1) is 9.61. The molecule has 0 unspecified atom stereocenters. The first-order valence-corrected chi connectivity index (χ1v) is 6.82. The lowest BCUT2D eigenvalue weighted by molar-refractivity contribution is 0.0935. The monoisotopic (exact) mass is 270 g/mol. The van der Waals surface area contributed by atoms with Crippen molar-refractivity contribution < 1.29 is 4.79 Å². The molecule has 0 fully saturated rings. The molecule has 1 atom stereocenters. The van der Waals surface area contributed by atoms with Crippen LogP contribution in [0, 0.1) is 13.8 Å². The van der Waals surface area contributed by atoms with Gasteiger partial charge in [-0.2, -0.15) is 5.10 Å². The Morgan fingerprint density at radius 1 is 1.25 bits per heavy atom. The Morgan fingerprint density at radius 3 is 2.70 bits per heavy atom. The van der Waals surface area contributed by atoms with Crippen molar-refractivity contribution in [3.8, 4) is 0 Å². The number of nitrogens with zero attached hydrogens (tertiary/aromatic N) is 2. The average Bonchev–Trinajstić information content (AvgIpc) is 2.73. The van der Waals surface area contributed by atoms with Gasteiger partial charge in [-0.3, -0.25) is 9.48 Å². The van der Waals surface area contributed by atoms with Crippen LogP contribution in [0.4, 0.5) is 5.69 Å². The van der Waals surface area contributed by atoms with Crippen molar-refractivity contribution >= 4 is 11.6 Å². The minimum absolute atomic E-state index is 0.0487. The summed E-state index contributed by atoms with van der Waals surface area (Å²) in [4.78, 5) is 12.2. The van der Waals surface area contributed by atoms with Crippen LogP contribution in [0.25, 0.3) is 0 Å². The number of nitrogens with one attached hydrogen (secondary N) is 2. The predicted molar refractivity (Wildman–Crippen MR) is 77.6 cm³/mol. The molecule has 0 bridgehead atoms. The quantitative estimate of drug-likeness (QED) is 0.880. The fourth-order valence-electron chi connectivity index (χ4n) is 2.79. The Bertz CT molecular complexity index is 675. The molecule has 2 heterocycles. The summed E-state index contributed by atoms with van der Waals surface area (Å²) >= 11 is 0. The van der Waals surface area contributed by atoms with Gasteiger partial charge in [-0.15, -0.1) is 0 Å². The minimum Gasteiger partial charge on any atom is -0.361 e. The van der Waals surface area contributed by atoms with Crippen molar-refractivity contribution in [2.75, 3.05) is 5.32 Å². The van der Waals surface area contributed by atoms with Crippen LogP contribution >= 0.6 is 0 Å². The van der Waals surface area contributed by atoms with Crippen molar-refractivity contribution in [1.29, 1.82) is 0 Å².